The van der Waals surface area contributed by atoms with E-state index in [1.807, 2.05) is 6.92 Å². The van der Waals surface area contributed by atoms with Crippen LogP contribution in [0.5, 0.6) is 5.75 Å². The van der Waals surface area contributed by atoms with Gasteiger partial charge in [-0.2, -0.15) is 0 Å². The normalized spacial score (nSPS) is 24.0. The third-order valence-corrected chi connectivity index (χ3v) is 3.95. The van der Waals surface area contributed by atoms with Crippen molar-refractivity contribution in [2.45, 2.75) is 32.0 Å². The van der Waals surface area contributed by atoms with Gasteiger partial charge in [0.25, 0.3) is 0 Å². The first kappa shape index (κ1) is 15.2. The fourth-order valence-corrected chi connectivity index (χ4v) is 2.89. The molecule has 0 radical (unpaired) electrons. The average molecular weight is 308 g/mol. The van der Waals surface area contributed by atoms with Crippen molar-refractivity contribution in [3.05, 3.63) is 24.0 Å². The number of halogens is 1. The summed E-state index contributed by atoms with van der Waals surface area (Å²) < 4.78 is 24.4. The number of carbonyl (C=O) groups excluding carboxylic acids is 1. The minimum atomic E-state index is -0.364. The second-order valence-electron chi connectivity index (χ2n) is 5.81. The first-order valence-electron chi connectivity index (χ1n) is 7.72. The third kappa shape index (κ3) is 3.39. The topological polar surface area (TPSA) is 50.8 Å². The molecule has 0 saturated carbocycles. The van der Waals surface area contributed by atoms with Gasteiger partial charge in [-0.25, -0.2) is 4.39 Å². The van der Waals surface area contributed by atoms with Crippen LogP contribution in [-0.4, -0.2) is 44.4 Å². The standard InChI is InChI=1S/C16H21FN2O3/c1-11-10-19(14-5-4-12(17)7-15(14)22-11)16(20)9-18-8-13-3-2-6-21-13/h4-5,7,11,13,18H,2-3,6,8-10H2,1H3. The van der Waals surface area contributed by atoms with Crippen LogP contribution in [0.2, 0.25) is 0 Å². The van der Waals surface area contributed by atoms with Gasteiger partial charge in [-0.05, 0) is 31.9 Å². The number of nitrogens with one attached hydrogen (secondary N) is 1. The Morgan fingerprint density at radius 3 is 3.14 bits per heavy atom. The Hall–Kier alpha value is -1.66. The van der Waals surface area contributed by atoms with Crippen molar-refractivity contribution in [2.24, 2.45) is 0 Å². The SMILES string of the molecule is CC1CN(C(=O)CNCC2CCCO2)c2ccc(F)cc2O1. The molecule has 2 heterocycles. The summed E-state index contributed by atoms with van der Waals surface area (Å²) in [6, 6.07) is 4.26. The molecule has 1 amide bonds. The van der Waals surface area contributed by atoms with Gasteiger partial charge in [0.1, 0.15) is 17.7 Å². The molecule has 5 nitrogen and oxygen atoms in total. The summed E-state index contributed by atoms with van der Waals surface area (Å²) in [5.74, 6) is 0.0176. The number of ether oxygens (including phenoxy) is 2. The Kier molecular flexibility index (Phi) is 4.59. The number of hydrogen-bond donors (Lipinski definition) is 1. The molecule has 2 atom stereocenters. The Labute approximate surface area is 129 Å². The number of anilines is 1. The fraction of sp³-hybridized carbons (Fsp3) is 0.562. The first-order valence-corrected chi connectivity index (χ1v) is 7.72. The molecule has 0 aromatic heterocycles. The van der Waals surface area contributed by atoms with Crippen molar-refractivity contribution in [1.29, 1.82) is 0 Å². The van der Waals surface area contributed by atoms with Crippen LogP contribution >= 0.6 is 0 Å². The van der Waals surface area contributed by atoms with Crippen molar-refractivity contribution >= 4 is 11.6 Å². The zero-order chi connectivity index (χ0) is 15.5. The van der Waals surface area contributed by atoms with Gasteiger partial charge in [-0.1, -0.05) is 0 Å². The van der Waals surface area contributed by atoms with E-state index in [0.29, 0.717) is 24.5 Å². The highest BCUT2D eigenvalue weighted by Gasteiger charge is 2.27. The summed E-state index contributed by atoms with van der Waals surface area (Å²) in [5, 5.41) is 3.15. The summed E-state index contributed by atoms with van der Waals surface area (Å²) in [6.07, 6.45) is 2.17. The molecule has 2 aliphatic heterocycles. The zero-order valence-electron chi connectivity index (χ0n) is 12.7. The molecule has 1 fully saturated rings. The number of hydrogen-bond acceptors (Lipinski definition) is 4. The maximum atomic E-state index is 13.3. The molecule has 3 rings (SSSR count). The van der Waals surface area contributed by atoms with Crippen LogP contribution < -0.4 is 15.0 Å². The van der Waals surface area contributed by atoms with Gasteiger partial charge in [0.15, 0.2) is 0 Å². The van der Waals surface area contributed by atoms with Crippen molar-refractivity contribution < 1.29 is 18.7 Å². The predicted molar refractivity (Wildman–Crippen MR) is 80.7 cm³/mol. The monoisotopic (exact) mass is 308 g/mol. The van der Waals surface area contributed by atoms with E-state index in [0.717, 1.165) is 19.4 Å². The molecule has 1 N–H and O–H groups in total. The average Bonchev–Trinajstić information content (AvgIpc) is 2.99. The van der Waals surface area contributed by atoms with E-state index < -0.39 is 0 Å². The van der Waals surface area contributed by atoms with Crippen molar-refractivity contribution in [2.75, 3.05) is 31.1 Å². The summed E-state index contributed by atoms with van der Waals surface area (Å²) >= 11 is 0. The van der Waals surface area contributed by atoms with Gasteiger partial charge < -0.3 is 19.7 Å². The second-order valence-corrected chi connectivity index (χ2v) is 5.81. The van der Waals surface area contributed by atoms with E-state index in [1.165, 1.54) is 12.1 Å². The molecule has 1 aromatic rings. The number of fused-ring (bicyclic) bond motifs is 1. The van der Waals surface area contributed by atoms with Gasteiger partial charge in [-0.3, -0.25) is 4.79 Å². The number of rotatable bonds is 4. The summed E-state index contributed by atoms with van der Waals surface area (Å²) in [4.78, 5) is 14.1. The highest BCUT2D eigenvalue weighted by Crippen LogP contribution is 2.33. The number of carbonyl (C=O) groups is 1. The van der Waals surface area contributed by atoms with E-state index in [-0.39, 0.29) is 30.5 Å². The van der Waals surface area contributed by atoms with Crippen molar-refractivity contribution in [3.63, 3.8) is 0 Å². The van der Waals surface area contributed by atoms with Crippen LogP contribution in [0.25, 0.3) is 0 Å². The lowest BCUT2D eigenvalue weighted by Gasteiger charge is -2.33. The molecular weight excluding hydrogens is 287 g/mol. The quantitative estimate of drug-likeness (QED) is 0.920. The van der Waals surface area contributed by atoms with Crippen molar-refractivity contribution in [1.82, 2.24) is 5.32 Å². The van der Waals surface area contributed by atoms with E-state index in [2.05, 4.69) is 5.32 Å². The molecule has 6 heteroatoms. The van der Waals surface area contributed by atoms with Gasteiger partial charge in [0, 0.05) is 19.2 Å². The number of nitrogens with zero attached hydrogens (tertiary/aromatic N) is 1. The van der Waals surface area contributed by atoms with Crippen molar-refractivity contribution in [3.8, 4) is 5.75 Å². The Morgan fingerprint density at radius 2 is 2.36 bits per heavy atom. The molecule has 0 aliphatic carbocycles. The Morgan fingerprint density at radius 1 is 1.50 bits per heavy atom. The summed E-state index contributed by atoms with van der Waals surface area (Å²) in [7, 11) is 0. The van der Waals surface area contributed by atoms with Crippen LogP contribution in [0.4, 0.5) is 10.1 Å². The van der Waals surface area contributed by atoms with Crippen LogP contribution in [-0.2, 0) is 9.53 Å². The smallest absolute Gasteiger partial charge is 0.241 e. The lowest BCUT2D eigenvalue weighted by Crippen LogP contribution is -2.46. The van der Waals surface area contributed by atoms with Crippen LogP contribution in [0.1, 0.15) is 19.8 Å². The predicted octanol–water partition coefficient (Wildman–Crippen LogP) is 1.71. The third-order valence-electron chi connectivity index (χ3n) is 3.95. The molecule has 0 bridgehead atoms. The zero-order valence-corrected chi connectivity index (χ0v) is 12.7. The van der Waals surface area contributed by atoms with Gasteiger partial charge in [-0.15, -0.1) is 0 Å². The number of amides is 1. The van der Waals surface area contributed by atoms with E-state index in [9.17, 15) is 9.18 Å². The molecule has 1 aromatic carbocycles. The molecular formula is C16H21FN2O3. The Bertz CT molecular complexity index is 546. The maximum Gasteiger partial charge on any atom is 0.241 e. The molecule has 2 aliphatic rings. The largest absolute Gasteiger partial charge is 0.487 e. The van der Waals surface area contributed by atoms with Gasteiger partial charge >= 0.3 is 0 Å². The Balaban J connectivity index is 1.62. The summed E-state index contributed by atoms with van der Waals surface area (Å²) in [6.45, 7) is 4.07. The minimum absolute atomic E-state index is 0.0407. The number of benzene rings is 1. The van der Waals surface area contributed by atoms with Crippen LogP contribution in [0, 0.1) is 5.82 Å². The van der Waals surface area contributed by atoms with Gasteiger partial charge in [0.05, 0.1) is 24.9 Å². The van der Waals surface area contributed by atoms with Crippen LogP contribution in [0.3, 0.4) is 0 Å². The lowest BCUT2D eigenvalue weighted by atomic mass is 10.2. The molecule has 0 spiro atoms. The molecule has 2 unspecified atom stereocenters. The lowest BCUT2D eigenvalue weighted by molar-refractivity contribution is -0.118. The highest BCUT2D eigenvalue weighted by atomic mass is 19.1. The fourth-order valence-electron chi connectivity index (χ4n) is 2.89. The van der Waals surface area contributed by atoms with E-state index >= 15 is 0 Å². The molecule has 120 valence electrons. The highest BCUT2D eigenvalue weighted by molar-refractivity contribution is 5.96. The maximum absolute atomic E-state index is 13.3. The first-order chi connectivity index (χ1) is 10.6. The van der Waals surface area contributed by atoms with Gasteiger partial charge in [0.2, 0.25) is 5.91 Å². The molecule has 22 heavy (non-hydrogen) atoms. The molecule has 1 saturated heterocycles. The van der Waals surface area contributed by atoms with E-state index in [1.54, 1.807) is 11.0 Å². The van der Waals surface area contributed by atoms with Crippen LogP contribution in [0.15, 0.2) is 18.2 Å². The minimum Gasteiger partial charge on any atom is -0.487 e. The van der Waals surface area contributed by atoms with E-state index in [4.69, 9.17) is 9.47 Å². The summed E-state index contributed by atoms with van der Waals surface area (Å²) in [5.41, 5.74) is 0.628. The second kappa shape index (κ2) is 6.62.